The van der Waals surface area contributed by atoms with Crippen molar-refractivity contribution in [3.8, 4) is 0 Å². The number of amides is 1. The Hall–Kier alpha value is -2.43. The summed E-state index contributed by atoms with van der Waals surface area (Å²) < 4.78 is 49.8. The van der Waals surface area contributed by atoms with E-state index in [1.54, 1.807) is 12.1 Å². The highest BCUT2D eigenvalue weighted by atomic mass is 32.2. The highest BCUT2D eigenvalue weighted by molar-refractivity contribution is 7.92. The van der Waals surface area contributed by atoms with Crippen molar-refractivity contribution < 1.29 is 26.7 Å². The molecule has 1 atom stereocenters. The molecule has 0 spiro atoms. The molecule has 0 saturated heterocycles. The van der Waals surface area contributed by atoms with Gasteiger partial charge in [-0.15, -0.1) is 0 Å². The Kier molecular flexibility index (Phi) is 8.82. The third-order valence-corrected chi connectivity index (χ3v) is 8.02. The van der Waals surface area contributed by atoms with Crippen LogP contribution in [0.4, 0.5) is 11.4 Å². The van der Waals surface area contributed by atoms with Crippen LogP contribution < -0.4 is 9.62 Å². The first-order chi connectivity index (χ1) is 15.0. The molecule has 10 heteroatoms. The van der Waals surface area contributed by atoms with E-state index in [1.165, 1.54) is 43.4 Å². The summed E-state index contributed by atoms with van der Waals surface area (Å²) in [4.78, 5) is 12.8. The molecule has 1 unspecified atom stereocenters. The second-order valence-electron chi connectivity index (χ2n) is 7.66. The molecule has 1 amide bonds. The average Bonchev–Trinajstić information content (AvgIpc) is 2.72. The van der Waals surface area contributed by atoms with Gasteiger partial charge in [0, 0.05) is 12.7 Å². The number of anilines is 2. The highest BCUT2D eigenvalue weighted by Gasteiger charge is 2.21. The van der Waals surface area contributed by atoms with Crippen LogP contribution in [0.5, 0.6) is 0 Å². The summed E-state index contributed by atoms with van der Waals surface area (Å²) >= 11 is 0. The number of hydrogen-bond donors (Lipinski definition) is 2. The smallest absolute Gasteiger partial charge is 0.257 e. The quantitative estimate of drug-likeness (QED) is 0.475. The van der Waals surface area contributed by atoms with Gasteiger partial charge >= 0.3 is 0 Å². The van der Waals surface area contributed by atoms with Crippen molar-refractivity contribution in [2.24, 2.45) is 0 Å². The van der Waals surface area contributed by atoms with Crippen LogP contribution in [-0.4, -0.2) is 53.0 Å². The highest BCUT2D eigenvalue weighted by Crippen LogP contribution is 2.23. The lowest BCUT2D eigenvalue weighted by Crippen LogP contribution is -2.27. The van der Waals surface area contributed by atoms with E-state index in [4.69, 9.17) is 0 Å². The van der Waals surface area contributed by atoms with Crippen LogP contribution in [0.15, 0.2) is 53.4 Å². The summed E-state index contributed by atoms with van der Waals surface area (Å²) in [6.07, 6.45) is 3.25. The van der Waals surface area contributed by atoms with Crippen molar-refractivity contribution in [1.82, 2.24) is 0 Å². The molecule has 8 nitrogen and oxygen atoms in total. The molecule has 0 saturated carbocycles. The van der Waals surface area contributed by atoms with Gasteiger partial charge in [0.15, 0.2) is 9.84 Å². The topological polar surface area (TPSA) is 121 Å². The summed E-state index contributed by atoms with van der Waals surface area (Å²) in [6.45, 7) is 2.03. The molecule has 32 heavy (non-hydrogen) atoms. The minimum atomic E-state index is -3.66. The molecule has 0 heterocycles. The van der Waals surface area contributed by atoms with Gasteiger partial charge in [0.25, 0.3) is 5.91 Å². The van der Waals surface area contributed by atoms with Crippen molar-refractivity contribution in [2.45, 2.75) is 43.6 Å². The Bertz CT molecular complexity index is 1130. The van der Waals surface area contributed by atoms with Crippen molar-refractivity contribution in [1.29, 1.82) is 0 Å². The maximum absolute atomic E-state index is 12.7. The zero-order valence-electron chi connectivity index (χ0n) is 18.5. The number of sulfone groups is 1. The number of carbonyl (C=O) groups excluding carboxylic acids is 1. The van der Waals surface area contributed by atoms with Crippen molar-refractivity contribution in [3.63, 3.8) is 0 Å². The Balaban J connectivity index is 2.13. The molecule has 2 aromatic carbocycles. The fraction of sp³-hybridized carbons (Fsp3) is 0.409. The van der Waals surface area contributed by atoms with Crippen LogP contribution in [0.25, 0.3) is 0 Å². The number of sulfonamides is 1. The maximum Gasteiger partial charge on any atom is 0.257 e. The molecular formula is C22H30N2O6S2. The molecule has 0 fully saturated rings. The number of para-hydroxylation sites is 1. The van der Waals surface area contributed by atoms with Crippen LogP contribution in [0.3, 0.4) is 0 Å². The summed E-state index contributed by atoms with van der Waals surface area (Å²) in [6, 6.07) is 11.9. The fourth-order valence-corrected chi connectivity index (χ4v) is 5.06. The number of unbranched alkanes of at least 4 members (excludes halogenated alkanes) is 2. The Morgan fingerprint density at radius 3 is 2.25 bits per heavy atom. The first-order valence-electron chi connectivity index (χ1n) is 10.3. The predicted molar refractivity (Wildman–Crippen MR) is 126 cm³/mol. The van der Waals surface area contributed by atoms with Gasteiger partial charge in [-0.3, -0.25) is 9.10 Å². The lowest BCUT2D eigenvalue weighted by molar-refractivity contribution is 0.102. The van der Waals surface area contributed by atoms with E-state index in [1.807, 2.05) is 6.92 Å². The van der Waals surface area contributed by atoms with E-state index < -0.39 is 31.9 Å². The van der Waals surface area contributed by atoms with E-state index >= 15 is 0 Å². The van der Waals surface area contributed by atoms with Crippen LogP contribution in [0.1, 0.15) is 43.0 Å². The molecule has 0 bridgehead atoms. The standard InChI is InChI=1S/C22H30N2O6S2/c1-4-5-6-9-18(25)16-32(29,30)19-14-12-17(13-15-19)23-22(26)20-10-7-8-11-21(20)24(2)31(3,27)28/h7-8,10-15,18,25H,4-6,9,16H2,1-3H3,(H,23,26). The number of aliphatic hydroxyl groups is 1. The molecular weight excluding hydrogens is 452 g/mol. The summed E-state index contributed by atoms with van der Waals surface area (Å²) in [5.41, 5.74) is 0.741. The van der Waals surface area contributed by atoms with Gasteiger partial charge in [0.1, 0.15) is 0 Å². The van der Waals surface area contributed by atoms with Gasteiger partial charge in [-0.05, 0) is 42.8 Å². The Labute approximate surface area is 190 Å². The Morgan fingerprint density at radius 2 is 1.66 bits per heavy atom. The normalized spacial score (nSPS) is 12.9. The van der Waals surface area contributed by atoms with Gasteiger partial charge in [-0.2, -0.15) is 0 Å². The monoisotopic (exact) mass is 482 g/mol. The first kappa shape index (κ1) is 25.8. The molecule has 0 aromatic heterocycles. The van der Waals surface area contributed by atoms with Crippen LogP contribution in [-0.2, 0) is 19.9 Å². The average molecular weight is 483 g/mol. The molecule has 0 radical (unpaired) electrons. The van der Waals surface area contributed by atoms with Crippen molar-refractivity contribution >= 4 is 37.1 Å². The van der Waals surface area contributed by atoms with Crippen molar-refractivity contribution in [3.05, 3.63) is 54.1 Å². The third-order valence-electron chi connectivity index (χ3n) is 5.01. The second kappa shape index (κ2) is 10.9. The SMILES string of the molecule is CCCCCC(O)CS(=O)(=O)c1ccc(NC(=O)c2ccccc2N(C)S(C)(=O)=O)cc1. The molecule has 0 aliphatic heterocycles. The van der Waals surface area contributed by atoms with E-state index in [-0.39, 0.29) is 21.9 Å². The van der Waals surface area contributed by atoms with Crippen LogP contribution >= 0.6 is 0 Å². The summed E-state index contributed by atoms with van der Waals surface area (Å²) in [7, 11) is -5.86. The van der Waals surface area contributed by atoms with Gasteiger partial charge in [-0.25, -0.2) is 16.8 Å². The zero-order valence-corrected chi connectivity index (χ0v) is 20.1. The van der Waals surface area contributed by atoms with Gasteiger partial charge in [0.05, 0.1) is 34.3 Å². The van der Waals surface area contributed by atoms with Crippen molar-refractivity contribution in [2.75, 3.05) is 28.7 Å². The van der Waals surface area contributed by atoms with Crippen LogP contribution in [0, 0.1) is 0 Å². The molecule has 0 aliphatic rings. The number of hydrogen-bond acceptors (Lipinski definition) is 6. The molecule has 2 N–H and O–H groups in total. The first-order valence-corrected chi connectivity index (χ1v) is 13.8. The number of rotatable bonds is 11. The van der Waals surface area contributed by atoms with E-state index in [2.05, 4.69) is 5.32 Å². The number of nitrogens with one attached hydrogen (secondary N) is 1. The number of nitrogens with zero attached hydrogens (tertiary/aromatic N) is 1. The number of benzene rings is 2. The minimum absolute atomic E-state index is 0.0576. The predicted octanol–water partition coefficient (Wildman–Crippen LogP) is 3.05. The summed E-state index contributed by atoms with van der Waals surface area (Å²) in [5, 5.41) is 12.7. The summed E-state index contributed by atoms with van der Waals surface area (Å²) in [5.74, 6) is -0.883. The van der Waals surface area contributed by atoms with Gasteiger partial charge < -0.3 is 10.4 Å². The maximum atomic E-state index is 12.7. The zero-order chi connectivity index (χ0) is 23.9. The van der Waals surface area contributed by atoms with E-state index in [0.717, 1.165) is 29.8 Å². The number of aliphatic hydroxyl groups excluding tert-OH is 1. The molecule has 176 valence electrons. The fourth-order valence-electron chi connectivity index (χ4n) is 3.13. The minimum Gasteiger partial charge on any atom is -0.392 e. The largest absolute Gasteiger partial charge is 0.392 e. The molecule has 0 aliphatic carbocycles. The van der Waals surface area contributed by atoms with Gasteiger partial charge in [-0.1, -0.05) is 38.3 Å². The third kappa shape index (κ3) is 7.04. The lowest BCUT2D eigenvalue weighted by Gasteiger charge is -2.19. The van der Waals surface area contributed by atoms with E-state index in [0.29, 0.717) is 12.1 Å². The Morgan fingerprint density at radius 1 is 1.03 bits per heavy atom. The molecule has 2 rings (SSSR count). The lowest BCUT2D eigenvalue weighted by atomic mass is 10.1. The van der Waals surface area contributed by atoms with E-state index in [9.17, 15) is 26.7 Å². The number of carbonyl (C=O) groups is 1. The van der Waals surface area contributed by atoms with Crippen LogP contribution in [0.2, 0.25) is 0 Å². The molecule has 2 aromatic rings. The van der Waals surface area contributed by atoms with Gasteiger partial charge in [0.2, 0.25) is 10.0 Å². The second-order valence-corrected chi connectivity index (χ2v) is 11.7.